The van der Waals surface area contributed by atoms with Gasteiger partial charge in [-0.25, -0.2) is 4.39 Å². The second kappa shape index (κ2) is 5.21. The van der Waals surface area contributed by atoms with Crippen LogP contribution in [0.2, 0.25) is 0 Å². The molecule has 0 fully saturated rings. The molecule has 1 heterocycles. The number of rotatable bonds is 3. The van der Waals surface area contributed by atoms with Gasteiger partial charge in [-0.15, -0.1) is 5.16 Å². The summed E-state index contributed by atoms with van der Waals surface area (Å²) in [5.41, 5.74) is 1.79. The van der Waals surface area contributed by atoms with Gasteiger partial charge in [0, 0.05) is 18.3 Å². The molecule has 86 valence electrons. The lowest BCUT2D eigenvalue weighted by atomic mass is 9.93. The molecule has 0 aliphatic rings. The summed E-state index contributed by atoms with van der Waals surface area (Å²) in [6, 6.07) is 9.76. The first-order valence-corrected chi connectivity index (χ1v) is 5.14. The number of oxime groups is 1. The van der Waals surface area contributed by atoms with E-state index in [4.69, 9.17) is 5.21 Å². The van der Waals surface area contributed by atoms with Gasteiger partial charge in [-0.1, -0.05) is 12.1 Å². The summed E-state index contributed by atoms with van der Waals surface area (Å²) in [7, 11) is 0. The number of hydrogen-bond acceptors (Lipinski definition) is 3. The molecular formula is C13H11FN2O. The summed E-state index contributed by atoms with van der Waals surface area (Å²) in [6.07, 6.45) is 4.73. The fourth-order valence-corrected chi connectivity index (χ4v) is 1.67. The van der Waals surface area contributed by atoms with Gasteiger partial charge in [-0.05, 0) is 35.4 Å². The van der Waals surface area contributed by atoms with Gasteiger partial charge in [-0.3, -0.25) is 4.98 Å². The van der Waals surface area contributed by atoms with Gasteiger partial charge in [0.15, 0.2) is 0 Å². The molecule has 3 nitrogen and oxygen atoms in total. The van der Waals surface area contributed by atoms with Crippen LogP contribution in [-0.4, -0.2) is 16.4 Å². The zero-order valence-electron chi connectivity index (χ0n) is 8.99. The Bertz CT molecular complexity index is 497. The van der Waals surface area contributed by atoms with Crippen LogP contribution in [0, 0.1) is 5.82 Å². The molecule has 4 heteroatoms. The lowest BCUT2D eigenvalue weighted by Gasteiger charge is -2.11. The van der Waals surface area contributed by atoms with Gasteiger partial charge in [0.2, 0.25) is 0 Å². The van der Waals surface area contributed by atoms with Gasteiger partial charge < -0.3 is 5.21 Å². The number of pyridine rings is 1. The lowest BCUT2D eigenvalue weighted by molar-refractivity contribution is 0.320. The van der Waals surface area contributed by atoms with Crippen molar-refractivity contribution >= 4 is 6.21 Å². The second-order valence-corrected chi connectivity index (χ2v) is 3.57. The third-order valence-corrected chi connectivity index (χ3v) is 2.51. The van der Waals surface area contributed by atoms with Crippen LogP contribution < -0.4 is 0 Å². The Morgan fingerprint density at radius 1 is 1.06 bits per heavy atom. The molecule has 0 bridgehead atoms. The first-order valence-electron chi connectivity index (χ1n) is 5.14. The van der Waals surface area contributed by atoms with E-state index in [9.17, 15) is 4.39 Å². The zero-order valence-corrected chi connectivity index (χ0v) is 8.99. The largest absolute Gasteiger partial charge is 0.411 e. The van der Waals surface area contributed by atoms with Gasteiger partial charge in [0.1, 0.15) is 5.82 Å². The van der Waals surface area contributed by atoms with Crippen LogP contribution >= 0.6 is 0 Å². The van der Waals surface area contributed by atoms with E-state index >= 15 is 0 Å². The molecule has 1 N–H and O–H groups in total. The summed E-state index contributed by atoms with van der Waals surface area (Å²) in [4.78, 5) is 3.93. The maximum atomic E-state index is 12.8. The second-order valence-electron chi connectivity index (χ2n) is 3.57. The molecule has 0 aliphatic carbocycles. The standard InChI is InChI=1S/C13H11FN2O/c14-12-3-1-10(2-4-12)13(9-16-17)11-5-7-15-8-6-11/h1-9,13,17H. The molecule has 1 atom stereocenters. The van der Waals surface area contributed by atoms with Crippen molar-refractivity contribution in [2.24, 2.45) is 5.16 Å². The summed E-state index contributed by atoms with van der Waals surface area (Å²) in [6.45, 7) is 0. The third-order valence-electron chi connectivity index (χ3n) is 2.51. The zero-order chi connectivity index (χ0) is 12.1. The van der Waals surface area contributed by atoms with Crippen LogP contribution in [0.1, 0.15) is 17.0 Å². The monoisotopic (exact) mass is 230 g/mol. The Hall–Kier alpha value is -2.23. The SMILES string of the molecule is ON=CC(c1ccncc1)c1ccc(F)cc1. The summed E-state index contributed by atoms with van der Waals surface area (Å²) in [5.74, 6) is -0.494. The van der Waals surface area contributed by atoms with Crippen molar-refractivity contribution in [2.75, 3.05) is 0 Å². The molecule has 1 unspecified atom stereocenters. The highest BCUT2D eigenvalue weighted by molar-refractivity contribution is 5.72. The number of halogens is 1. The summed E-state index contributed by atoms with van der Waals surface area (Å²) < 4.78 is 12.8. The number of nitrogens with zero attached hydrogens (tertiary/aromatic N) is 2. The Balaban J connectivity index is 2.39. The highest BCUT2D eigenvalue weighted by atomic mass is 19.1. The van der Waals surface area contributed by atoms with Gasteiger partial charge in [0.25, 0.3) is 0 Å². The fraction of sp³-hybridized carbons (Fsp3) is 0.0769. The smallest absolute Gasteiger partial charge is 0.123 e. The normalized spacial score (nSPS) is 12.8. The van der Waals surface area contributed by atoms with Crippen LogP contribution in [0.5, 0.6) is 0 Å². The molecule has 1 aromatic carbocycles. The number of aromatic nitrogens is 1. The van der Waals surface area contributed by atoms with E-state index < -0.39 is 0 Å². The molecule has 0 saturated heterocycles. The van der Waals surface area contributed by atoms with E-state index in [2.05, 4.69) is 10.1 Å². The van der Waals surface area contributed by atoms with Crippen molar-refractivity contribution < 1.29 is 9.60 Å². The first kappa shape index (κ1) is 11.3. The molecular weight excluding hydrogens is 219 g/mol. The van der Waals surface area contributed by atoms with Gasteiger partial charge >= 0.3 is 0 Å². The van der Waals surface area contributed by atoms with Crippen molar-refractivity contribution in [3.63, 3.8) is 0 Å². The third kappa shape index (κ3) is 2.66. The quantitative estimate of drug-likeness (QED) is 0.500. The molecule has 2 aromatic rings. The molecule has 0 radical (unpaired) electrons. The van der Waals surface area contributed by atoms with Crippen LogP contribution in [-0.2, 0) is 0 Å². The van der Waals surface area contributed by atoms with E-state index in [0.29, 0.717) is 0 Å². The Morgan fingerprint density at radius 2 is 1.65 bits per heavy atom. The van der Waals surface area contributed by atoms with Crippen molar-refractivity contribution in [3.8, 4) is 0 Å². The highest BCUT2D eigenvalue weighted by Crippen LogP contribution is 2.22. The average molecular weight is 230 g/mol. The average Bonchev–Trinajstić information content (AvgIpc) is 2.38. The van der Waals surface area contributed by atoms with E-state index in [-0.39, 0.29) is 11.7 Å². The number of benzene rings is 1. The Morgan fingerprint density at radius 3 is 2.24 bits per heavy atom. The van der Waals surface area contributed by atoms with E-state index in [1.54, 1.807) is 24.5 Å². The van der Waals surface area contributed by atoms with E-state index in [1.165, 1.54) is 18.3 Å². The minimum absolute atomic E-state index is 0.205. The van der Waals surface area contributed by atoms with Crippen molar-refractivity contribution in [1.82, 2.24) is 4.98 Å². The highest BCUT2D eigenvalue weighted by Gasteiger charge is 2.11. The number of hydrogen-bond donors (Lipinski definition) is 1. The Kier molecular flexibility index (Phi) is 3.45. The van der Waals surface area contributed by atoms with Crippen LogP contribution in [0.4, 0.5) is 4.39 Å². The Labute approximate surface area is 98.2 Å². The molecule has 1 aromatic heterocycles. The molecule has 2 rings (SSSR count). The first-order chi connectivity index (χ1) is 8.31. The van der Waals surface area contributed by atoms with Crippen molar-refractivity contribution in [1.29, 1.82) is 0 Å². The topological polar surface area (TPSA) is 45.5 Å². The fourth-order valence-electron chi connectivity index (χ4n) is 1.67. The molecule has 0 amide bonds. The van der Waals surface area contributed by atoms with Crippen molar-refractivity contribution in [2.45, 2.75) is 5.92 Å². The van der Waals surface area contributed by atoms with Gasteiger partial charge in [0.05, 0.1) is 6.21 Å². The van der Waals surface area contributed by atoms with Gasteiger partial charge in [-0.2, -0.15) is 0 Å². The maximum absolute atomic E-state index is 12.8. The summed E-state index contributed by atoms with van der Waals surface area (Å²) >= 11 is 0. The van der Waals surface area contributed by atoms with Crippen LogP contribution in [0.15, 0.2) is 53.9 Å². The van der Waals surface area contributed by atoms with Crippen molar-refractivity contribution in [3.05, 3.63) is 65.7 Å². The molecule has 0 saturated carbocycles. The predicted octanol–water partition coefficient (Wildman–Crippen LogP) is 2.81. The summed E-state index contributed by atoms with van der Waals surface area (Å²) in [5, 5.41) is 11.8. The van der Waals surface area contributed by atoms with E-state index in [0.717, 1.165) is 11.1 Å². The molecule has 0 spiro atoms. The predicted molar refractivity (Wildman–Crippen MR) is 62.8 cm³/mol. The molecule has 17 heavy (non-hydrogen) atoms. The minimum Gasteiger partial charge on any atom is -0.411 e. The minimum atomic E-state index is -0.289. The lowest BCUT2D eigenvalue weighted by Crippen LogP contribution is -2.02. The maximum Gasteiger partial charge on any atom is 0.123 e. The van der Waals surface area contributed by atoms with E-state index in [1.807, 2.05) is 12.1 Å². The van der Waals surface area contributed by atoms with Crippen LogP contribution in [0.3, 0.4) is 0 Å². The molecule has 0 aliphatic heterocycles. The van der Waals surface area contributed by atoms with Crippen LogP contribution in [0.25, 0.3) is 0 Å².